The van der Waals surface area contributed by atoms with Crippen LogP contribution in [0.25, 0.3) is 0 Å². The Kier molecular flexibility index (Phi) is 4.55. The maximum absolute atomic E-state index is 11.7. The van der Waals surface area contributed by atoms with Crippen molar-refractivity contribution in [2.45, 2.75) is 13.3 Å². The monoisotopic (exact) mass is 271 g/mol. The number of carbonyl (C=O) groups is 1. The van der Waals surface area contributed by atoms with Crippen LogP contribution in [0, 0.1) is 6.92 Å². The molecule has 0 aliphatic rings. The van der Waals surface area contributed by atoms with Gasteiger partial charge in [-0.1, -0.05) is 18.2 Å². The van der Waals surface area contributed by atoms with Gasteiger partial charge in [0.25, 0.3) is 0 Å². The summed E-state index contributed by atoms with van der Waals surface area (Å²) < 4.78 is 5.46. The van der Waals surface area contributed by atoms with E-state index in [0.717, 1.165) is 5.75 Å². The number of ether oxygens (including phenoxy) is 1. The molecule has 0 atom stereocenters. The van der Waals surface area contributed by atoms with Crippen LogP contribution in [0.2, 0.25) is 0 Å². The second-order valence-electron chi connectivity index (χ2n) is 4.33. The number of carbonyl (C=O) groups excluding carboxylic acids is 1. The third-order valence-corrected chi connectivity index (χ3v) is 2.74. The van der Waals surface area contributed by atoms with Crippen LogP contribution in [-0.4, -0.2) is 17.5 Å². The zero-order valence-corrected chi connectivity index (χ0v) is 11.3. The number of aromatic nitrogens is 1. The lowest BCUT2D eigenvalue weighted by atomic mass is 10.3. The Balaban J connectivity index is 1.79. The number of hydrogen-bond acceptors (Lipinski definition) is 4. The highest BCUT2D eigenvalue weighted by molar-refractivity contribution is 5.89. The lowest BCUT2D eigenvalue weighted by Crippen LogP contribution is -2.16. The quantitative estimate of drug-likeness (QED) is 0.875. The molecule has 0 bridgehead atoms. The molecule has 0 saturated heterocycles. The van der Waals surface area contributed by atoms with E-state index < -0.39 is 0 Å². The van der Waals surface area contributed by atoms with Gasteiger partial charge in [0, 0.05) is 0 Å². The number of para-hydroxylation sites is 1. The average Bonchev–Trinajstić information content (AvgIpc) is 2.44. The van der Waals surface area contributed by atoms with E-state index in [9.17, 15) is 4.79 Å². The van der Waals surface area contributed by atoms with E-state index in [1.165, 1.54) is 0 Å². The molecule has 1 aromatic carbocycles. The summed E-state index contributed by atoms with van der Waals surface area (Å²) in [5, 5.41) is 2.71. The molecule has 5 nitrogen and oxygen atoms in total. The Hall–Kier alpha value is -2.56. The number of rotatable bonds is 5. The molecule has 5 heteroatoms. The summed E-state index contributed by atoms with van der Waals surface area (Å²) in [5.41, 5.74) is 6.97. The van der Waals surface area contributed by atoms with Crippen molar-refractivity contribution in [3.8, 4) is 5.75 Å². The van der Waals surface area contributed by atoms with Crippen molar-refractivity contribution in [1.29, 1.82) is 0 Å². The molecule has 0 aliphatic carbocycles. The first-order valence-electron chi connectivity index (χ1n) is 6.36. The minimum atomic E-state index is -0.141. The second kappa shape index (κ2) is 6.56. The van der Waals surface area contributed by atoms with Crippen molar-refractivity contribution in [1.82, 2.24) is 4.98 Å². The number of nitrogens with zero attached hydrogens (tertiary/aromatic N) is 1. The second-order valence-corrected chi connectivity index (χ2v) is 4.33. The molecular formula is C15H17N3O2. The molecule has 2 rings (SSSR count). The number of benzene rings is 1. The zero-order chi connectivity index (χ0) is 14.4. The van der Waals surface area contributed by atoms with Gasteiger partial charge in [-0.2, -0.15) is 0 Å². The molecule has 3 N–H and O–H groups in total. The van der Waals surface area contributed by atoms with Crippen molar-refractivity contribution < 1.29 is 9.53 Å². The Labute approximate surface area is 117 Å². The minimum absolute atomic E-state index is 0.141. The summed E-state index contributed by atoms with van der Waals surface area (Å²) in [6.45, 7) is 2.12. The molecule has 1 heterocycles. The Morgan fingerprint density at radius 1 is 1.25 bits per heavy atom. The Morgan fingerprint density at radius 2 is 2.00 bits per heavy atom. The van der Waals surface area contributed by atoms with Crippen LogP contribution >= 0.6 is 0 Å². The highest BCUT2D eigenvalue weighted by atomic mass is 16.5. The highest BCUT2D eigenvalue weighted by Gasteiger charge is 2.05. The van der Waals surface area contributed by atoms with Crippen LogP contribution in [0.15, 0.2) is 42.5 Å². The molecule has 0 radical (unpaired) electrons. The van der Waals surface area contributed by atoms with Gasteiger partial charge in [0.15, 0.2) is 0 Å². The number of hydrogen-bond donors (Lipinski definition) is 2. The van der Waals surface area contributed by atoms with E-state index in [1.54, 1.807) is 19.1 Å². The van der Waals surface area contributed by atoms with Gasteiger partial charge in [-0.15, -0.1) is 0 Å². The van der Waals surface area contributed by atoms with Gasteiger partial charge < -0.3 is 15.8 Å². The van der Waals surface area contributed by atoms with Crippen LogP contribution in [0.4, 0.5) is 11.5 Å². The Bertz CT molecular complexity index is 585. The normalized spacial score (nSPS) is 10.1. The van der Waals surface area contributed by atoms with Crippen LogP contribution in [0.1, 0.15) is 12.1 Å². The van der Waals surface area contributed by atoms with E-state index in [2.05, 4.69) is 10.3 Å². The number of nitrogens with two attached hydrogens (primary N) is 1. The highest BCUT2D eigenvalue weighted by Crippen LogP contribution is 2.12. The summed E-state index contributed by atoms with van der Waals surface area (Å²) in [4.78, 5) is 15.9. The fourth-order valence-electron chi connectivity index (χ4n) is 1.63. The number of pyridine rings is 1. The smallest absolute Gasteiger partial charge is 0.228 e. The summed E-state index contributed by atoms with van der Waals surface area (Å²) in [7, 11) is 0. The summed E-state index contributed by atoms with van der Waals surface area (Å²) in [6.07, 6.45) is 0.264. The molecule has 20 heavy (non-hydrogen) atoms. The van der Waals surface area contributed by atoms with Crippen LogP contribution in [-0.2, 0) is 4.79 Å². The van der Waals surface area contributed by atoms with E-state index in [4.69, 9.17) is 10.5 Å². The van der Waals surface area contributed by atoms with E-state index in [1.807, 2.05) is 30.3 Å². The molecule has 0 unspecified atom stereocenters. The molecule has 0 aliphatic heterocycles. The molecule has 1 amide bonds. The first-order chi connectivity index (χ1) is 9.65. The molecule has 0 spiro atoms. The van der Waals surface area contributed by atoms with E-state index >= 15 is 0 Å². The van der Waals surface area contributed by atoms with E-state index in [-0.39, 0.29) is 12.3 Å². The number of aryl methyl sites for hydroxylation is 1. The number of nitrogens with one attached hydrogen (secondary N) is 1. The van der Waals surface area contributed by atoms with Crippen molar-refractivity contribution in [3.05, 3.63) is 48.2 Å². The van der Waals surface area contributed by atoms with Crippen LogP contribution in [0.3, 0.4) is 0 Å². The van der Waals surface area contributed by atoms with Crippen molar-refractivity contribution in [3.63, 3.8) is 0 Å². The predicted molar refractivity (Wildman–Crippen MR) is 78.6 cm³/mol. The van der Waals surface area contributed by atoms with Crippen molar-refractivity contribution in [2.24, 2.45) is 0 Å². The standard InChI is InChI=1S/C15H17N3O2/c1-11-13(16)7-8-14(17-11)18-15(19)9-10-20-12-5-3-2-4-6-12/h2-8H,9-10,16H2,1H3,(H,17,18,19). The van der Waals surface area contributed by atoms with Crippen molar-refractivity contribution in [2.75, 3.05) is 17.7 Å². The molecule has 0 fully saturated rings. The van der Waals surface area contributed by atoms with Crippen LogP contribution < -0.4 is 15.8 Å². The number of anilines is 2. The topological polar surface area (TPSA) is 77.2 Å². The van der Waals surface area contributed by atoms with Gasteiger partial charge in [-0.3, -0.25) is 4.79 Å². The molecule has 104 valence electrons. The maximum atomic E-state index is 11.7. The molecule has 0 saturated carbocycles. The molecule has 2 aromatic rings. The number of amides is 1. The van der Waals surface area contributed by atoms with Gasteiger partial charge in [0.05, 0.1) is 24.4 Å². The van der Waals surface area contributed by atoms with Gasteiger partial charge in [0.2, 0.25) is 5.91 Å². The fraction of sp³-hybridized carbons (Fsp3) is 0.200. The van der Waals surface area contributed by atoms with Gasteiger partial charge in [0.1, 0.15) is 11.6 Å². The third kappa shape index (κ3) is 3.98. The lowest BCUT2D eigenvalue weighted by Gasteiger charge is -2.08. The molecule has 1 aromatic heterocycles. The zero-order valence-electron chi connectivity index (χ0n) is 11.3. The Morgan fingerprint density at radius 3 is 2.70 bits per heavy atom. The first-order valence-corrected chi connectivity index (χ1v) is 6.36. The lowest BCUT2D eigenvalue weighted by molar-refractivity contribution is -0.116. The fourth-order valence-corrected chi connectivity index (χ4v) is 1.63. The predicted octanol–water partition coefficient (Wildman–Crippen LogP) is 2.38. The van der Waals surface area contributed by atoms with Gasteiger partial charge in [-0.05, 0) is 31.2 Å². The third-order valence-electron chi connectivity index (χ3n) is 2.74. The minimum Gasteiger partial charge on any atom is -0.493 e. The summed E-state index contributed by atoms with van der Waals surface area (Å²) in [6, 6.07) is 12.8. The maximum Gasteiger partial charge on any atom is 0.228 e. The summed E-state index contributed by atoms with van der Waals surface area (Å²) >= 11 is 0. The summed E-state index contributed by atoms with van der Waals surface area (Å²) in [5.74, 6) is 1.11. The first kappa shape index (κ1) is 13.9. The largest absolute Gasteiger partial charge is 0.493 e. The van der Waals surface area contributed by atoms with E-state index in [0.29, 0.717) is 23.8 Å². The van der Waals surface area contributed by atoms with Gasteiger partial charge >= 0.3 is 0 Å². The average molecular weight is 271 g/mol. The van der Waals surface area contributed by atoms with Gasteiger partial charge in [-0.25, -0.2) is 4.98 Å². The SMILES string of the molecule is Cc1nc(NC(=O)CCOc2ccccc2)ccc1N. The van der Waals surface area contributed by atoms with Crippen molar-refractivity contribution >= 4 is 17.4 Å². The van der Waals surface area contributed by atoms with Crippen LogP contribution in [0.5, 0.6) is 5.75 Å². The molecular weight excluding hydrogens is 254 g/mol. The number of nitrogen functional groups attached to an aromatic ring is 1.